The molecule has 0 saturated heterocycles. The Hall–Kier alpha value is -1.13. The molecule has 0 saturated carbocycles. The molecule has 0 fully saturated rings. The molecule has 0 aliphatic heterocycles. The van der Waals surface area contributed by atoms with Gasteiger partial charge in [0.25, 0.3) is 0 Å². The highest BCUT2D eigenvalue weighted by Gasteiger charge is 2.06. The first-order valence-corrected chi connectivity index (χ1v) is 7.83. The molecule has 0 spiro atoms. The van der Waals surface area contributed by atoms with Crippen molar-refractivity contribution in [2.24, 2.45) is 5.92 Å². The SMILES string of the molecule is CCCCOCCOc1ccc(F)cc1CNCC(C)C. The van der Waals surface area contributed by atoms with Crippen LogP contribution in [0.15, 0.2) is 18.2 Å². The molecule has 0 bridgehead atoms. The summed E-state index contributed by atoms with van der Waals surface area (Å²) >= 11 is 0. The number of hydrogen-bond acceptors (Lipinski definition) is 3. The van der Waals surface area contributed by atoms with Crippen molar-refractivity contribution in [2.75, 3.05) is 26.4 Å². The lowest BCUT2D eigenvalue weighted by Crippen LogP contribution is -2.20. The average Bonchev–Trinajstić information content (AvgIpc) is 2.44. The zero-order valence-corrected chi connectivity index (χ0v) is 13.5. The highest BCUT2D eigenvalue weighted by Crippen LogP contribution is 2.19. The molecule has 3 nitrogen and oxygen atoms in total. The molecule has 0 unspecified atom stereocenters. The highest BCUT2D eigenvalue weighted by molar-refractivity contribution is 5.33. The molecule has 4 heteroatoms. The Morgan fingerprint density at radius 3 is 2.71 bits per heavy atom. The first kappa shape index (κ1) is 17.9. The third-order valence-corrected chi connectivity index (χ3v) is 3.02. The van der Waals surface area contributed by atoms with Crippen LogP contribution < -0.4 is 10.1 Å². The van der Waals surface area contributed by atoms with Gasteiger partial charge in [0.1, 0.15) is 18.2 Å². The predicted molar refractivity (Wildman–Crippen MR) is 84.2 cm³/mol. The minimum atomic E-state index is -0.233. The third-order valence-electron chi connectivity index (χ3n) is 3.02. The minimum absolute atomic E-state index is 0.233. The Bertz CT molecular complexity index is 396. The molecule has 1 N–H and O–H groups in total. The van der Waals surface area contributed by atoms with Crippen LogP contribution in [0.5, 0.6) is 5.75 Å². The molecular formula is C17H28FNO2. The van der Waals surface area contributed by atoms with Crippen LogP contribution in [0.25, 0.3) is 0 Å². The molecule has 120 valence electrons. The summed E-state index contributed by atoms with van der Waals surface area (Å²) in [5, 5.41) is 3.31. The summed E-state index contributed by atoms with van der Waals surface area (Å²) in [6, 6.07) is 4.65. The number of unbranched alkanes of at least 4 members (excludes halogenated alkanes) is 1. The summed E-state index contributed by atoms with van der Waals surface area (Å²) in [4.78, 5) is 0. The van der Waals surface area contributed by atoms with Crippen LogP contribution in [0.3, 0.4) is 0 Å². The number of benzene rings is 1. The summed E-state index contributed by atoms with van der Waals surface area (Å²) in [5.41, 5.74) is 0.851. The summed E-state index contributed by atoms with van der Waals surface area (Å²) in [5.74, 6) is 1.06. The van der Waals surface area contributed by atoms with Gasteiger partial charge in [-0.1, -0.05) is 27.2 Å². The zero-order valence-electron chi connectivity index (χ0n) is 13.5. The maximum absolute atomic E-state index is 13.4. The van der Waals surface area contributed by atoms with Crippen LogP contribution in [0.1, 0.15) is 39.2 Å². The standard InChI is InChI=1S/C17H28FNO2/c1-4-5-8-20-9-10-21-17-7-6-16(18)11-15(17)13-19-12-14(2)3/h6-7,11,14,19H,4-5,8-10,12-13H2,1-3H3. The lowest BCUT2D eigenvalue weighted by Gasteiger charge is -2.13. The number of nitrogens with one attached hydrogen (secondary N) is 1. The second kappa shape index (κ2) is 10.6. The number of ether oxygens (including phenoxy) is 2. The van der Waals surface area contributed by atoms with Crippen molar-refractivity contribution in [3.63, 3.8) is 0 Å². The molecule has 0 aromatic heterocycles. The number of rotatable bonds is 11. The largest absolute Gasteiger partial charge is 0.491 e. The van der Waals surface area contributed by atoms with Crippen molar-refractivity contribution in [1.82, 2.24) is 5.32 Å². The predicted octanol–water partition coefficient (Wildman–Crippen LogP) is 3.77. The second-order valence-electron chi connectivity index (χ2n) is 5.59. The monoisotopic (exact) mass is 297 g/mol. The van der Waals surface area contributed by atoms with Crippen molar-refractivity contribution >= 4 is 0 Å². The van der Waals surface area contributed by atoms with E-state index in [2.05, 4.69) is 26.1 Å². The highest BCUT2D eigenvalue weighted by atomic mass is 19.1. The Balaban J connectivity index is 2.40. The molecule has 1 aromatic carbocycles. The van der Waals surface area contributed by atoms with E-state index in [1.54, 1.807) is 6.07 Å². The van der Waals surface area contributed by atoms with Gasteiger partial charge in [-0.25, -0.2) is 4.39 Å². The van der Waals surface area contributed by atoms with Gasteiger partial charge in [0, 0.05) is 18.7 Å². The van der Waals surface area contributed by atoms with Gasteiger partial charge >= 0.3 is 0 Å². The maximum atomic E-state index is 13.4. The van der Waals surface area contributed by atoms with Crippen molar-refractivity contribution in [3.05, 3.63) is 29.6 Å². The zero-order chi connectivity index (χ0) is 15.5. The average molecular weight is 297 g/mol. The lowest BCUT2D eigenvalue weighted by molar-refractivity contribution is 0.0976. The normalized spacial score (nSPS) is 11.1. The van der Waals surface area contributed by atoms with Crippen LogP contribution in [-0.2, 0) is 11.3 Å². The van der Waals surface area contributed by atoms with Crippen LogP contribution in [0, 0.1) is 11.7 Å². The van der Waals surface area contributed by atoms with E-state index < -0.39 is 0 Å². The van der Waals surface area contributed by atoms with E-state index >= 15 is 0 Å². The fourth-order valence-corrected chi connectivity index (χ4v) is 1.88. The second-order valence-corrected chi connectivity index (χ2v) is 5.59. The molecule has 21 heavy (non-hydrogen) atoms. The van der Waals surface area contributed by atoms with E-state index in [1.165, 1.54) is 12.1 Å². The van der Waals surface area contributed by atoms with Crippen LogP contribution in [-0.4, -0.2) is 26.4 Å². The van der Waals surface area contributed by atoms with Crippen molar-refractivity contribution in [1.29, 1.82) is 0 Å². The Labute approximate surface area is 127 Å². The third kappa shape index (κ3) is 8.02. The first-order valence-electron chi connectivity index (χ1n) is 7.83. The summed E-state index contributed by atoms with van der Waals surface area (Å²) in [7, 11) is 0. The fraction of sp³-hybridized carbons (Fsp3) is 0.647. The summed E-state index contributed by atoms with van der Waals surface area (Å²) in [6.07, 6.45) is 2.20. The first-order chi connectivity index (χ1) is 10.1. The number of halogens is 1. The van der Waals surface area contributed by atoms with Gasteiger partial charge in [-0.05, 0) is 37.1 Å². The van der Waals surface area contributed by atoms with E-state index in [-0.39, 0.29) is 5.82 Å². The minimum Gasteiger partial charge on any atom is -0.491 e. The Kier molecular flexibility index (Phi) is 9.02. The molecule has 0 heterocycles. The van der Waals surface area contributed by atoms with Gasteiger partial charge in [-0.3, -0.25) is 0 Å². The van der Waals surface area contributed by atoms with E-state index in [0.29, 0.717) is 25.7 Å². The van der Waals surface area contributed by atoms with Gasteiger partial charge < -0.3 is 14.8 Å². The van der Waals surface area contributed by atoms with Gasteiger partial charge in [0.2, 0.25) is 0 Å². The van der Waals surface area contributed by atoms with Gasteiger partial charge in [0.15, 0.2) is 0 Å². The van der Waals surface area contributed by atoms with E-state index in [4.69, 9.17) is 9.47 Å². The molecule has 1 rings (SSSR count). The molecule has 0 atom stereocenters. The molecule has 0 aliphatic rings. The number of hydrogen-bond donors (Lipinski definition) is 1. The molecular weight excluding hydrogens is 269 g/mol. The Morgan fingerprint density at radius 2 is 2.00 bits per heavy atom. The van der Waals surface area contributed by atoms with E-state index in [0.717, 1.165) is 37.3 Å². The van der Waals surface area contributed by atoms with Crippen LogP contribution in [0.4, 0.5) is 4.39 Å². The smallest absolute Gasteiger partial charge is 0.124 e. The van der Waals surface area contributed by atoms with Crippen molar-refractivity contribution in [3.8, 4) is 5.75 Å². The Morgan fingerprint density at radius 1 is 1.19 bits per heavy atom. The van der Waals surface area contributed by atoms with Crippen molar-refractivity contribution in [2.45, 2.75) is 40.2 Å². The summed E-state index contributed by atoms with van der Waals surface area (Å²) < 4.78 is 24.5. The molecule has 0 amide bonds. The van der Waals surface area contributed by atoms with E-state index in [1.807, 2.05) is 0 Å². The maximum Gasteiger partial charge on any atom is 0.124 e. The molecule has 0 aliphatic carbocycles. The van der Waals surface area contributed by atoms with Crippen molar-refractivity contribution < 1.29 is 13.9 Å². The quantitative estimate of drug-likeness (QED) is 0.631. The van der Waals surface area contributed by atoms with Crippen LogP contribution >= 0.6 is 0 Å². The van der Waals surface area contributed by atoms with Gasteiger partial charge in [-0.2, -0.15) is 0 Å². The topological polar surface area (TPSA) is 30.5 Å². The fourth-order valence-electron chi connectivity index (χ4n) is 1.88. The molecule has 1 aromatic rings. The molecule has 0 radical (unpaired) electrons. The lowest BCUT2D eigenvalue weighted by atomic mass is 10.1. The van der Waals surface area contributed by atoms with E-state index in [9.17, 15) is 4.39 Å². The van der Waals surface area contributed by atoms with Gasteiger partial charge in [0.05, 0.1) is 6.61 Å². The summed E-state index contributed by atoms with van der Waals surface area (Å²) in [6.45, 7) is 9.76. The van der Waals surface area contributed by atoms with Crippen LogP contribution in [0.2, 0.25) is 0 Å². The van der Waals surface area contributed by atoms with Gasteiger partial charge in [-0.15, -0.1) is 0 Å².